The molecule has 0 aliphatic carbocycles. The van der Waals surface area contributed by atoms with Crippen LogP contribution in [0.2, 0.25) is 0 Å². The van der Waals surface area contributed by atoms with Crippen LogP contribution in [-0.2, 0) is 17.8 Å². The first-order valence-electron chi connectivity index (χ1n) is 6.34. The first kappa shape index (κ1) is 16.2. The minimum atomic E-state index is -0.493. The van der Waals surface area contributed by atoms with Crippen molar-refractivity contribution in [1.82, 2.24) is 10.6 Å². The van der Waals surface area contributed by atoms with Gasteiger partial charge in [-0.25, -0.2) is 4.79 Å². The van der Waals surface area contributed by atoms with E-state index in [-0.39, 0.29) is 5.11 Å². The first-order chi connectivity index (χ1) is 9.26. The number of carbonyl (C=O) groups excluding carboxylic acids is 1. The van der Waals surface area contributed by atoms with Gasteiger partial charge in [-0.05, 0) is 44.1 Å². The van der Waals surface area contributed by atoms with E-state index in [1.165, 1.54) is 0 Å². The van der Waals surface area contributed by atoms with Gasteiger partial charge in [-0.3, -0.25) is 0 Å². The predicted molar refractivity (Wildman–Crippen MR) is 83.1 cm³/mol. The van der Waals surface area contributed by atoms with Gasteiger partial charge >= 0.3 is 6.09 Å². The topological polar surface area (TPSA) is 76.4 Å². The fraction of sp³-hybridized carbons (Fsp3) is 0.429. The minimum absolute atomic E-state index is 0.266. The molecule has 1 rings (SSSR count). The molecule has 6 heteroatoms. The first-order valence-corrected chi connectivity index (χ1v) is 6.75. The largest absolute Gasteiger partial charge is 0.444 e. The fourth-order valence-electron chi connectivity index (χ4n) is 1.53. The number of nitrogens with two attached hydrogens (primary N) is 1. The summed E-state index contributed by atoms with van der Waals surface area (Å²) in [6.45, 7) is 6.46. The van der Waals surface area contributed by atoms with Crippen LogP contribution < -0.4 is 16.4 Å². The van der Waals surface area contributed by atoms with Crippen LogP contribution in [-0.4, -0.2) is 16.8 Å². The zero-order chi connectivity index (χ0) is 15.2. The summed E-state index contributed by atoms with van der Waals surface area (Å²) in [4.78, 5) is 11.6. The van der Waals surface area contributed by atoms with Crippen molar-refractivity contribution in [3.05, 3.63) is 35.4 Å². The summed E-state index contributed by atoms with van der Waals surface area (Å²) in [6.07, 6.45) is -0.427. The van der Waals surface area contributed by atoms with Crippen LogP contribution in [0.5, 0.6) is 0 Å². The monoisotopic (exact) mass is 295 g/mol. The zero-order valence-corrected chi connectivity index (χ0v) is 12.8. The van der Waals surface area contributed by atoms with Gasteiger partial charge in [0.2, 0.25) is 0 Å². The maximum atomic E-state index is 11.6. The molecule has 0 radical (unpaired) electrons. The van der Waals surface area contributed by atoms with Gasteiger partial charge in [0.15, 0.2) is 5.11 Å². The van der Waals surface area contributed by atoms with E-state index in [1.807, 2.05) is 45.0 Å². The van der Waals surface area contributed by atoms with Crippen molar-refractivity contribution >= 4 is 23.4 Å². The average molecular weight is 295 g/mol. The average Bonchev–Trinajstić information content (AvgIpc) is 2.32. The molecule has 4 N–H and O–H groups in total. The third-order valence-corrected chi connectivity index (χ3v) is 2.44. The zero-order valence-electron chi connectivity index (χ0n) is 12.0. The lowest BCUT2D eigenvalue weighted by atomic mass is 10.1. The highest BCUT2D eigenvalue weighted by Gasteiger charge is 2.15. The van der Waals surface area contributed by atoms with Gasteiger partial charge < -0.3 is 21.1 Å². The lowest BCUT2D eigenvalue weighted by Crippen LogP contribution is -2.32. The summed E-state index contributed by atoms with van der Waals surface area (Å²) in [5.74, 6) is 0. The van der Waals surface area contributed by atoms with Gasteiger partial charge in [-0.2, -0.15) is 0 Å². The summed E-state index contributed by atoms with van der Waals surface area (Å²) in [6, 6.07) is 7.79. The summed E-state index contributed by atoms with van der Waals surface area (Å²) < 4.78 is 5.17. The standard InChI is InChI=1S/C14H21N3O2S/c1-14(2,3)19-13(18)17-9-11-6-4-5-10(7-11)8-16-12(15)20/h4-7H,8-9H2,1-3H3,(H,17,18)(H3,15,16,20). The van der Waals surface area contributed by atoms with Crippen molar-refractivity contribution in [2.24, 2.45) is 5.73 Å². The summed E-state index contributed by atoms with van der Waals surface area (Å²) in [5.41, 5.74) is 6.92. The molecular formula is C14H21N3O2S. The SMILES string of the molecule is CC(C)(C)OC(=O)NCc1cccc(CNC(N)=S)c1. The molecule has 0 unspecified atom stereocenters. The number of hydrogen-bond acceptors (Lipinski definition) is 3. The molecule has 0 saturated heterocycles. The van der Waals surface area contributed by atoms with Gasteiger partial charge in [0.25, 0.3) is 0 Å². The van der Waals surface area contributed by atoms with Crippen LogP contribution >= 0.6 is 12.2 Å². The molecule has 0 aromatic heterocycles. The summed E-state index contributed by atoms with van der Waals surface area (Å²) in [5, 5.41) is 5.86. The van der Waals surface area contributed by atoms with E-state index in [4.69, 9.17) is 22.7 Å². The third-order valence-electron chi connectivity index (χ3n) is 2.29. The van der Waals surface area contributed by atoms with Crippen LogP contribution in [0, 0.1) is 0 Å². The highest BCUT2D eigenvalue weighted by atomic mass is 32.1. The number of benzene rings is 1. The van der Waals surface area contributed by atoms with Gasteiger partial charge in [0, 0.05) is 13.1 Å². The lowest BCUT2D eigenvalue weighted by molar-refractivity contribution is 0.0523. The summed E-state index contributed by atoms with van der Waals surface area (Å²) >= 11 is 4.76. The molecule has 0 fully saturated rings. The van der Waals surface area contributed by atoms with Crippen LogP contribution in [0.4, 0.5) is 4.79 Å². The quantitative estimate of drug-likeness (QED) is 0.741. The Morgan fingerprint density at radius 3 is 2.30 bits per heavy atom. The fourth-order valence-corrected chi connectivity index (χ4v) is 1.60. The number of ether oxygens (including phenoxy) is 1. The van der Waals surface area contributed by atoms with Crippen LogP contribution in [0.25, 0.3) is 0 Å². The number of carbonyl (C=O) groups is 1. The number of rotatable bonds is 4. The van der Waals surface area contributed by atoms with Crippen LogP contribution in [0.3, 0.4) is 0 Å². The van der Waals surface area contributed by atoms with Gasteiger partial charge in [0.05, 0.1) is 0 Å². The number of alkyl carbamates (subject to hydrolysis) is 1. The molecular weight excluding hydrogens is 274 g/mol. The molecule has 20 heavy (non-hydrogen) atoms. The molecule has 1 aromatic carbocycles. The Balaban J connectivity index is 2.50. The summed E-state index contributed by atoms with van der Waals surface area (Å²) in [7, 11) is 0. The van der Waals surface area contributed by atoms with Crippen molar-refractivity contribution in [2.45, 2.75) is 39.5 Å². The van der Waals surface area contributed by atoms with Crippen molar-refractivity contribution in [2.75, 3.05) is 0 Å². The molecule has 0 saturated carbocycles. The second-order valence-corrected chi connectivity index (χ2v) is 5.83. The van der Waals surface area contributed by atoms with Crippen molar-refractivity contribution in [3.63, 3.8) is 0 Å². The molecule has 0 aliphatic heterocycles. The van der Waals surface area contributed by atoms with Gasteiger partial charge in [0.1, 0.15) is 5.60 Å². The highest BCUT2D eigenvalue weighted by molar-refractivity contribution is 7.80. The Kier molecular flexibility index (Phi) is 5.76. The number of amides is 1. The van der Waals surface area contributed by atoms with E-state index in [0.29, 0.717) is 13.1 Å². The Labute approximate surface area is 124 Å². The number of hydrogen-bond donors (Lipinski definition) is 3. The van der Waals surface area contributed by atoms with Crippen LogP contribution in [0.1, 0.15) is 31.9 Å². The maximum Gasteiger partial charge on any atom is 0.407 e. The minimum Gasteiger partial charge on any atom is -0.444 e. The Morgan fingerprint density at radius 1 is 1.25 bits per heavy atom. The van der Waals surface area contributed by atoms with Crippen molar-refractivity contribution in [1.29, 1.82) is 0 Å². The van der Waals surface area contributed by atoms with Crippen LogP contribution in [0.15, 0.2) is 24.3 Å². The van der Waals surface area contributed by atoms with Gasteiger partial charge in [-0.15, -0.1) is 0 Å². The second kappa shape index (κ2) is 7.09. The Hall–Kier alpha value is -1.82. The van der Waals surface area contributed by atoms with E-state index in [1.54, 1.807) is 0 Å². The highest BCUT2D eigenvalue weighted by Crippen LogP contribution is 2.08. The molecule has 0 bridgehead atoms. The lowest BCUT2D eigenvalue weighted by Gasteiger charge is -2.19. The molecule has 0 heterocycles. The third kappa shape index (κ3) is 6.94. The Bertz CT molecular complexity index is 484. The van der Waals surface area contributed by atoms with E-state index >= 15 is 0 Å². The van der Waals surface area contributed by atoms with E-state index in [9.17, 15) is 4.79 Å². The predicted octanol–water partition coefficient (Wildman–Crippen LogP) is 2.04. The molecule has 0 atom stereocenters. The molecule has 1 amide bonds. The van der Waals surface area contributed by atoms with Crippen molar-refractivity contribution in [3.8, 4) is 0 Å². The van der Waals surface area contributed by atoms with E-state index in [0.717, 1.165) is 11.1 Å². The maximum absolute atomic E-state index is 11.6. The van der Waals surface area contributed by atoms with E-state index < -0.39 is 11.7 Å². The smallest absolute Gasteiger partial charge is 0.407 e. The van der Waals surface area contributed by atoms with E-state index in [2.05, 4.69) is 10.6 Å². The molecule has 1 aromatic rings. The Morgan fingerprint density at radius 2 is 1.80 bits per heavy atom. The molecule has 110 valence electrons. The number of nitrogens with one attached hydrogen (secondary N) is 2. The normalized spacial score (nSPS) is 10.8. The van der Waals surface area contributed by atoms with Gasteiger partial charge in [-0.1, -0.05) is 24.3 Å². The van der Waals surface area contributed by atoms with Crippen molar-refractivity contribution < 1.29 is 9.53 Å². The molecule has 0 spiro atoms. The molecule has 5 nitrogen and oxygen atoms in total. The number of thiocarbonyl (C=S) groups is 1. The second-order valence-electron chi connectivity index (χ2n) is 5.39. The molecule has 0 aliphatic rings.